The van der Waals surface area contributed by atoms with Gasteiger partial charge in [-0.1, -0.05) is 28.1 Å². The molecule has 6 heteroatoms. The predicted molar refractivity (Wildman–Crippen MR) is 115 cm³/mol. The van der Waals surface area contributed by atoms with Gasteiger partial charge in [-0.15, -0.1) is 0 Å². The molecule has 1 aliphatic rings. The Kier molecular flexibility index (Phi) is 6.16. The van der Waals surface area contributed by atoms with Gasteiger partial charge >= 0.3 is 0 Å². The van der Waals surface area contributed by atoms with Crippen LogP contribution in [0.2, 0.25) is 0 Å². The molecule has 134 valence electrons. The van der Waals surface area contributed by atoms with Crippen LogP contribution in [0.4, 0.5) is 11.4 Å². The molecule has 0 aromatic heterocycles. The first-order valence-electron chi connectivity index (χ1n) is 8.49. The number of halogens is 1. The number of aliphatic imine (C=N–C) groups is 1. The highest BCUT2D eigenvalue weighted by atomic mass is 79.9. The molecule has 2 aromatic carbocycles. The van der Waals surface area contributed by atoms with E-state index in [1.54, 1.807) is 0 Å². The lowest BCUT2D eigenvalue weighted by Gasteiger charge is -2.20. The van der Waals surface area contributed by atoms with E-state index in [4.69, 9.17) is 0 Å². The number of thioether (sulfide) groups is 1. The molecule has 1 saturated heterocycles. The van der Waals surface area contributed by atoms with Gasteiger partial charge in [-0.3, -0.25) is 4.79 Å². The molecule has 0 aliphatic carbocycles. The molecule has 1 fully saturated rings. The van der Waals surface area contributed by atoms with Gasteiger partial charge in [0.1, 0.15) is 0 Å². The van der Waals surface area contributed by atoms with E-state index in [-0.39, 0.29) is 5.91 Å². The van der Waals surface area contributed by atoms with Crippen molar-refractivity contribution in [2.45, 2.75) is 13.8 Å². The van der Waals surface area contributed by atoms with Crippen LogP contribution in [-0.2, 0) is 4.79 Å². The molecule has 1 aliphatic heterocycles. The van der Waals surface area contributed by atoms with Gasteiger partial charge in [-0.25, -0.2) is 4.99 Å². The Morgan fingerprint density at radius 2 is 1.88 bits per heavy atom. The van der Waals surface area contributed by atoms with Crippen LogP contribution in [0.1, 0.15) is 19.4 Å². The van der Waals surface area contributed by atoms with Crippen LogP contribution < -0.4 is 10.2 Å². The molecule has 26 heavy (non-hydrogen) atoms. The van der Waals surface area contributed by atoms with Gasteiger partial charge in [-0.2, -0.15) is 0 Å². The van der Waals surface area contributed by atoms with E-state index in [0.717, 1.165) is 28.8 Å². The van der Waals surface area contributed by atoms with Crippen molar-refractivity contribution in [1.82, 2.24) is 5.32 Å². The minimum absolute atomic E-state index is 0.117. The number of amides is 1. The minimum atomic E-state index is -0.117. The van der Waals surface area contributed by atoms with Gasteiger partial charge in [0.2, 0.25) is 0 Å². The highest BCUT2D eigenvalue weighted by Gasteiger charge is 2.23. The average molecular weight is 430 g/mol. The fraction of sp³-hybridized carbons (Fsp3) is 0.200. The van der Waals surface area contributed by atoms with E-state index >= 15 is 0 Å². The third-order valence-electron chi connectivity index (χ3n) is 4.01. The summed E-state index contributed by atoms with van der Waals surface area (Å²) in [4.78, 5) is 19.7. The van der Waals surface area contributed by atoms with Gasteiger partial charge in [0.25, 0.3) is 5.91 Å². The number of carbonyl (C=O) groups is 1. The Hall–Kier alpha value is -2.05. The summed E-state index contributed by atoms with van der Waals surface area (Å²) in [6, 6.07) is 15.9. The first-order valence-corrected chi connectivity index (χ1v) is 10.1. The third-order valence-corrected chi connectivity index (χ3v) is 5.41. The largest absolute Gasteiger partial charge is 0.372 e. The molecule has 0 spiro atoms. The van der Waals surface area contributed by atoms with E-state index in [0.29, 0.717) is 10.1 Å². The first-order chi connectivity index (χ1) is 12.6. The van der Waals surface area contributed by atoms with Crippen molar-refractivity contribution in [2.24, 2.45) is 4.99 Å². The standard InChI is InChI=1S/C20H20BrN3OS/c1-3-24(4-2)17-10-8-16(9-11-17)22-20-23-19(25)18(26-20)13-14-6-5-7-15(21)12-14/h5-13H,3-4H2,1-2H3,(H,22,23,25). The molecule has 0 bridgehead atoms. The van der Waals surface area contributed by atoms with E-state index < -0.39 is 0 Å². The Balaban J connectivity index is 1.75. The number of benzene rings is 2. The van der Waals surface area contributed by atoms with Crippen LogP contribution in [0, 0.1) is 0 Å². The summed E-state index contributed by atoms with van der Waals surface area (Å²) < 4.78 is 0.984. The van der Waals surface area contributed by atoms with Gasteiger partial charge in [-0.05, 0) is 73.6 Å². The normalized spacial score (nSPS) is 17.0. The number of anilines is 1. The van der Waals surface area contributed by atoms with E-state index in [2.05, 4.69) is 57.1 Å². The molecule has 3 rings (SSSR count). The van der Waals surface area contributed by atoms with E-state index in [1.165, 1.54) is 17.4 Å². The van der Waals surface area contributed by atoms with Crippen LogP contribution in [0.5, 0.6) is 0 Å². The summed E-state index contributed by atoms with van der Waals surface area (Å²) in [7, 11) is 0. The van der Waals surface area contributed by atoms with Crippen molar-refractivity contribution >= 4 is 56.2 Å². The summed E-state index contributed by atoms with van der Waals surface area (Å²) in [5, 5.41) is 3.43. The lowest BCUT2D eigenvalue weighted by molar-refractivity contribution is -0.115. The van der Waals surface area contributed by atoms with Crippen LogP contribution in [-0.4, -0.2) is 24.2 Å². The Labute approximate surface area is 166 Å². The maximum Gasteiger partial charge on any atom is 0.264 e. The molecular formula is C20H20BrN3OS. The zero-order valence-electron chi connectivity index (χ0n) is 14.7. The monoisotopic (exact) mass is 429 g/mol. The zero-order valence-corrected chi connectivity index (χ0v) is 17.1. The molecule has 1 N–H and O–H groups in total. The zero-order chi connectivity index (χ0) is 18.5. The summed E-state index contributed by atoms with van der Waals surface area (Å²) in [6.45, 7) is 6.23. The molecule has 0 unspecified atom stereocenters. The molecule has 1 amide bonds. The topological polar surface area (TPSA) is 44.7 Å². The first kappa shape index (κ1) is 18.7. The highest BCUT2D eigenvalue weighted by molar-refractivity contribution is 9.10. The third kappa shape index (κ3) is 4.56. The number of nitrogens with zero attached hydrogens (tertiary/aromatic N) is 2. The fourth-order valence-electron chi connectivity index (χ4n) is 2.67. The highest BCUT2D eigenvalue weighted by Crippen LogP contribution is 2.29. The van der Waals surface area contributed by atoms with Crippen molar-refractivity contribution < 1.29 is 4.79 Å². The number of rotatable bonds is 5. The second-order valence-electron chi connectivity index (χ2n) is 5.73. The molecule has 0 atom stereocenters. The number of carbonyl (C=O) groups excluding carboxylic acids is 1. The van der Waals surface area contributed by atoms with Crippen LogP contribution >= 0.6 is 27.7 Å². The second kappa shape index (κ2) is 8.56. The van der Waals surface area contributed by atoms with Gasteiger partial charge in [0.15, 0.2) is 5.17 Å². The van der Waals surface area contributed by atoms with E-state index in [1.807, 2.05) is 42.5 Å². The summed E-state index contributed by atoms with van der Waals surface area (Å²) in [5.41, 5.74) is 2.98. The minimum Gasteiger partial charge on any atom is -0.372 e. The smallest absolute Gasteiger partial charge is 0.264 e. The molecule has 1 heterocycles. The molecule has 0 saturated carbocycles. The number of amidine groups is 1. The predicted octanol–water partition coefficient (Wildman–Crippen LogP) is 5.19. The average Bonchev–Trinajstić information content (AvgIpc) is 2.96. The van der Waals surface area contributed by atoms with Crippen molar-refractivity contribution in [3.63, 3.8) is 0 Å². The Morgan fingerprint density at radius 1 is 1.15 bits per heavy atom. The maximum absolute atomic E-state index is 12.2. The summed E-state index contributed by atoms with van der Waals surface area (Å²) in [5.74, 6) is -0.117. The van der Waals surface area contributed by atoms with Gasteiger partial charge in [0.05, 0.1) is 10.6 Å². The summed E-state index contributed by atoms with van der Waals surface area (Å²) in [6.07, 6.45) is 1.87. The molecule has 0 radical (unpaired) electrons. The van der Waals surface area contributed by atoms with Crippen molar-refractivity contribution in [2.75, 3.05) is 18.0 Å². The maximum atomic E-state index is 12.2. The van der Waals surface area contributed by atoms with Crippen molar-refractivity contribution in [1.29, 1.82) is 0 Å². The molecule has 2 aromatic rings. The second-order valence-corrected chi connectivity index (χ2v) is 7.67. The Bertz CT molecular complexity index is 858. The van der Waals surface area contributed by atoms with E-state index in [9.17, 15) is 4.79 Å². The van der Waals surface area contributed by atoms with Gasteiger partial charge < -0.3 is 10.2 Å². The quantitative estimate of drug-likeness (QED) is 0.665. The number of hydrogen-bond acceptors (Lipinski definition) is 4. The lowest BCUT2D eigenvalue weighted by atomic mass is 10.2. The summed E-state index contributed by atoms with van der Waals surface area (Å²) >= 11 is 4.80. The number of hydrogen-bond donors (Lipinski definition) is 1. The Morgan fingerprint density at radius 3 is 2.54 bits per heavy atom. The molecule has 4 nitrogen and oxygen atoms in total. The fourth-order valence-corrected chi connectivity index (χ4v) is 3.93. The van der Waals surface area contributed by atoms with Crippen LogP contribution in [0.25, 0.3) is 6.08 Å². The van der Waals surface area contributed by atoms with Crippen molar-refractivity contribution in [3.8, 4) is 0 Å². The molecular weight excluding hydrogens is 410 g/mol. The number of nitrogens with one attached hydrogen (secondary N) is 1. The van der Waals surface area contributed by atoms with Crippen molar-refractivity contribution in [3.05, 3.63) is 63.5 Å². The van der Waals surface area contributed by atoms with Crippen LogP contribution in [0.3, 0.4) is 0 Å². The SMILES string of the molecule is CCN(CC)c1ccc(N=C2NC(=O)C(=Cc3cccc(Br)c3)S2)cc1. The lowest BCUT2D eigenvalue weighted by Crippen LogP contribution is -2.21. The van der Waals surface area contributed by atoms with Crippen LogP contribution in [0.15, 0.2) is 62.9 Å². The van der Waals surface area contributed by atoms with Gasteiger partial charge in [0, 0.05) is 23.2 Å².